The maximum atomic E-state index is 12.8. The summed E-state index contributed by atoms with van der Waals surface area (Å²) in [6.07, 6.45) is 0. The van der Waals surface area contributed by atoms with Gasteiger partial charge in [-0.05, 0) is 52.7 Å². The minimum absolute atomic E-state index is 0.282. The SMILES string of the molecule is C[C@H](NC(=O)c1ccc(Br)s1)C(=O)NCc1ccc(F)cc1. The fourth-order valence-corrected chi connectivity index (χ4v) is 3.00. The first-order chi connectivity index (χ1) is 10.5. The highest BCUT2D eigenvalue weighted by Crippen LogP contribution is 2.21. The molecule has 1 atom stereocenters. The van der Waals surface area contributed by atoms with Gasteiger partial charge in [0.2, 0.25) is 5.91 Å². The van der Waals surface area contributed by atoms with Crippen LogP contribution in [-0.4, -0.2) is 17.9 Å². The highest BCUT2D eigenvalue weighted by Gasteiger charge is 2.17. The van der Waals surface area contributed by atoms with E-state index in [1.165, 1.54) is 23.5 Å². The van der Waals surface area contributed by atoms with Crippen molar-refractivity contribution in [3.05, 3.63) is 56.4 Å². The quantitative estimate of drug-likeness (QED) is 0.831. The predicted molar refractivity (Wildman–Crippen MR) is 87.2 cm³/mol. The van der Waals surface area contributed by atoms with E-state index >= 15 is 0 Å². The molecule has 2 aromatic rings. The molecule has 0 unspecified atom stereocenters. The fraction of sp³-hybridized carbons (Fsp3) is 0.200. The van der Waals surface area contributed by atoms with Crippen molar-refractivity contribution in [2.45, 2.75) is 19.5 Å². The molecule has 7 heteroatoms. The summed E-state index contributed by atoms with van der Waals surface area (Å²) >= 11 is 4.58. The van der Waals surface area contributed by atoms with Gasteiger partial charge < -0.3 is 10.6 Å². The van der Waals surface area contributed by atoms with Crippen LogP contribution in [0.25, 0.3) is 0 Å². The largest absolute Gasteiger partial charge is 0.350 e. The lowest BCUT2D eigenvalue weighted by Gasteiger charge is -2.13. The third-order valence-electron chi connectivity index (χ3n) is 2.92. The minimum atomic E-state index is -0.658. The molecule has 0 fully saturated rings. The Labute approximate surface area is 139 Å². The van der Waals surface area contributed by atoms with Gasteiger partial charge in [-0.15, -0.1) is 11.3 Å². The number of carbonyl (C=O) groups is 2. The lowest BCUT2D eigenvalue weighted by Crippen LogP contribution is -2.44. The summed E-state index contributed by atoms with van der Waals surface area (Å²) in [4.78, 5) is 24.4. The van der Waals surface area contributed by atoms with Gasteiger partial charge in [-0.3, -0.25) is 9.59 Å². The van der Waals surface area contributed by atoms with Gasteiger partial charge in [0.1, 0.15) is 11.9 Å². The summed E-state index contributed by atoms with van der Waals surface area (Å²) in [6.45, 7) is 1.89. The molecule has 1 aromatic carbocycles. The van der Waals surface area contributed by atoms with Crippen molar-refractivity contribution in [3.63, 3.8) is 0 Å². The molecule has 2 rings (SSSR count). The van der Waals surface area contributed by atoms with E-state index < -0.39 is 6.04 Å². The van der Waals surface area contributed by atoms with Crippen LogP contribution in [0.4, 0.5) is 4.39 Å². The van der Waals surface area contributed by atoms with Gasteiger partial charge >= 0.3 is 0 Å². The Hall–Kier alpha value is -1.73. The number of hydrogen-bond donors (Lipinski definition) is 2. The van der Waals surface area contributed by atoms with Gasteiger partial charge in [0.25, 0.3) is 5.91 Å². The van der Waals surface area contributed by atoms with E-state index in [4.69, 9.17) is 0 Å². The molecule has 0 saturated heterocycles. The number of halogens is 2. The molecule has 116 valence electrons. The molecule has 2 N–H and O–H groups in total. The van der Waals surface area contributed by atoms with Gasteiger partial charge in [-0.25, -0.2) is 4.39 Å². The Morgan fingerprint density at radius 2 is 1.91 bits per heavy atom. The second kappa shape index (κ2) is 7.51. The van der Waals surface area contributed by atoms with Crippen LogP contribution in [0.1, 0.15) is 22.2 Å². The van der Waals surface area contributed by atoms with Crippen molar-refractivity contribution < 1.29 is 14.0 Å². The smallest absolute Gasteiger partial charge is 0.262 e. The average molecular weight is 385 g/mol. The molecule has 0 aliphatic rings. The van der Waals surface area contributed by atoms with Gasteiger partial charge in [0.05, 0.1) is 8.66 Å². The average Bonchev–Trinajstić information content (AvgIpc) is 2.93. The van der Waals surface area contributed by atoms with Crippen molar-refractivity contribution in [1.29, 1.82) is 0 Å². The lowest BCUT2D eigenvalue weighted by atomic mass is 10.2. The summed E-state index contributed by atoms with van der Waals surface area (Å²) in [5.74, 6) is -0.911. The van der Waals surface area contributed by atoms with Crippen LogP contribution in [0.3, 0.4) is 0 Å². The van der Waals surface area contributed by atoms with Crippen LogP contribution in [0, 0.1) is 5.82 Å². The summed E-state index contributed by atoms with van der Waals surface area (Å²) < 4.78 is 13.6. The zero-order chi connectivity index (χ0) is 16.1. The molecule has 4 nitrogen and oxygen atoms in total. The predicted octanol–water partition coefficient (Wildman–Crippen LogP) is 3.08. The summed E-state index contributed by atoms with van der Waals surface area (Å²) in [5.41, 5.74) is 0.787. The van der Waals surface area contributed by atoms with Crippen molar-refractivity contribution >= 4 is 39.1 Å². The zero-order valence-electron chi connectivity index (χ0n) is 11.7. The molecule has 1 heterocycles. The molecule has 0 aliphatic heterocycles. The fourth-order valence-electron chi connectivity index (χ4n) is 1.71. The van der Waals surface area contributed by atoms with Crippen molar-refractivity contribution in [2.75, 3.05) is 0 Å². The first kappa shape index (κ1) is 16.6. The number of hydrogen-bond acceptors (Lipinski definition) is 3. The van der Waals surface area contributed by atoms with Crippen LogP contribution in [0.2, 0.25) is 0 Å². The van der Waals surface area contributed by atoms with E-state index in [-0.39, 0.29) is 24.2 Å². The van der Waals surface area contributed by atoms with Crippen LogP contribution in [0.5, 0.6) is 0 Å². The zero-order valence-corrected chi connectivity index (χ0v) is 14.1. The Bertz CT molecular complexity index is 672. The Morgan fingerprint density at radius 1 is 1.23 bits per heavy atom. The maximum Gasteiger partial charge on any atom is 0.262 e. The molecular formula is C15H14BrFN2O2S. The maximum absolute atomic E-state index is 12.8. The monoisotopic (exact) mass is 384 g/mol. The summed E-state index contributed by atoms with van der Waals surface area (Å²) in [5, 5.41) is 5.33. The van der Waals surface area contributed by atoms with Gasteiger partial charge in [-0.2, -0.15) is 0 Å². The van der Waals surface area contributed by atoms with Crippen molar-refractivity contribution in [2.24, 2.45) is 0 Å². The van der Waals surface area contributed by atoms with Crippen molar-refractivity contribution in [1.82, 2.24) is 10.6 Å². The number of amides is 2. The first-order valence-electron chi connectivity index (χ1n) is 6.54. The third-order valence-corrected chi connectivity index (χ3v) is 4.54. The normalized spacial score (nSPS) is 11.8. The topological polar surface area (TPSA) is 58.2 Å². The van der Waals surface area contributed by atoms with Crippen LogP contribution in [-0.2, 0) is 11.3 Å². The van der Waals surface area contributed by atoms with E-state index in [0.717, 1.165) is 9.35 Å². The van der Waals surface area contributed by atoms with E-state index in [0.29, 0.717) is 4.88 Å². The molecule has 0 spiro atoms. The van der Waals surface area contributed by atoms with E-state index in [1.807, 2.05) is 0 Å². The number of carbonyl (C=O) groups excluding carboxylic acids is 2. The minimum Gasteiger partial charge on any atom is -0.350 e. The molecule has 1 aromatic heterocycles. The number of rotatable bonds is 5. The van der Waals surface area contributed by atoms with Gasteiger partial charge in [0.15, 0.2) is 0 Å². The summed E-state index contributed by atoms with van der Waals surface area (Å²) in [6, 6.07) is 8.67. The highest BCUT2D eigenvalue weighted by molar-refractivity contribution is 9.11. The first-order valence-corrected chi connectivity index (χ1v) is 8.15. The molecule has 2 amide bonds. The van der Waals surface area contributed by atoms with E-state index in [1.54, 1.807) is 31.2 Å². The van der Waals surface area contributed by atoms with Gasteiger partial charge in [-0.1, -0.05) is 12.1 Å². The third kappa shape index (κ3) is 4.64. The van der Waals surface area contributed by atoms with E-state index in [9.17, 15) is 14.0 Å². The standard InChI is InChI=1S/C15H14BrFN2O2S/c1-9(19-15(21)12-6-7-13(16)22-12)14(20)18-8-10-2-4-11(17)5-3-10/h2-7,9H,8H2,1H3,(H,18,20)(H,19,21)/t9-/m0/s1. The summed E-state index contributed by atoms with van der Waals surface area (Å²) in [7, 11) is 0. The number of nitrogens with one attached hydrogen (secondary N) is 2. The molecule has 0 saturated carbocycles. The van der Waals surface area contributed by atoms with Crippen LogP contribution < -0.4 is 10.6 Å². The Morgan fingerprint density at radius 3 is 2.50 bits per heavy atom. The van der Waals surface area contributed by atoms with Crippen molar-refractivity contribution in [3.8, 4) is 0 Å². The Kier molecular flexibility index (Phi) is 5.68. The second-order valence-electron chi connectivity index (χ2n) is 4.64. The lowest BCUT2D eigenvalue weighted by molar-refractivity contribution is -0.122. The van der Waals surface area contributed by atoms with Crippen LogP contribution in [0.15, 0.2) is 40.2 Å². The van der Waals surface area contributed by atoms with Gasteiger partial charge in [0, 0.05) is 6.54 Å². The highest BCUT2D eigenvalue weighted by atomic mass is 79.9. The number of benzene rings is 1. The van der Waals surface area contributed by atoms with E-state index in [2.05, 4.69) is 26.6 Å². The number of thiophene rings is 1. The molecule has 0 aliphatic carbocycles. The molecule has 0 bridgehead atoms. The van der Waals surface area contributed by atoms with Crippen LogP contribution >= 0.6 is 27.3 Å². The molecule has 22 heavy (non-hydrogen) atoms. The molecular weight excluding hydrogens is 371 g/mol. The second-order valence-corrected chi connectivity index (χ2v) is 7.11. The Balaban J connectivity index is 1.84. The molecule has 0 radical (unpaired) electrons.